The largest absolute Gasteiger partial charge is 0.457 e. The van der Waals surface area contributed by atoms with Gasteiger partial charge in [-0.25, -0.2) is 4.99 Å². The lowest BCUT2D eigenvalue weighted by atomic mass is 10.1. The fourth-order valence-corrected chi connectivity index (χ4v) is 2.84. The van der Waals surface area contributed by atoms with E-state index < -0.39 is 0 Å². The molecule has 1 aliphatic carbocycles. The summed E-state index contributed by atoms with van der Waals surface area (Å²) in [6, 6.07) is 0. The van der Waals surface area contributed by atoms with Crippen LogP contribution in [0.1, 0.15) is 26.7 Å². The minimum atomic E-state index is 0.850. The molecule has 0 spiro atoms. The molecule has 0 aromatic rings. The summed E-state index contributed by atoms with van der Waals surface area (Å²) in [4.78, 5) is 6.80. The van der Waals surface area contributed by atoms with E-state index in [-0.39, 0.29) is 0 Å². The average molecular weight is 318 g/mol. The Hall–Kier alpha value is -2.81. The normalized spacial score (nSPS) is 20.5. The summed E-state index contributed by atoms with van der Waals surface area (Å²) < 4.78 is 6.16. The molecule has 0 atom stereocenters. The smallest absolute Gasteiger partial charge is 0.153 e. The van der Waals surface area contributed by atoms with Crippen molar-refractivity contribution in [3.05, 3.63) is 95.6 Å². The van der Waals surface area contributed by atoms with Crippen molar-refractivity contribution in [2.24, 2.45) is 4.99 Å². The first kappa shape index (κ1) is 16.1. The molecule has 0 unspecified atom stereocenters. The maximum Gasteiger partial charge on any atom is 0.153 e. The molecule has 3 nitrogen and oxygen atoms in total. The third kappa shape index (κ3) is 3.11. The van der Waals surface area contributed by atoms with Crippen molar-refractivity contribution in [3.63, 3.8) is 0 Å². The highest BCUT2D eigenvalue weighted by molar-refractivity contribution is 5.73. The Balaban J connectivity index is 2.18. The number of aliphatic imine (C=N–C) groups is 1. The van der Waals surface area contributed by atoms with Crippen LogP contribution >= 0.6 is 0 Å². The van der Waals surface area contributed by atoms with Gasteiger partial charge in [0.15, 0.2) is 5.76 Å². The first-order chi connectivity index (χ1) is 11.7. The maximum atomic E-state index is 6.16. The van der Waals surface area contributed by atoms with Crippen molar-refractivity contribution in [2.75, 3.05) is 0 Å². The molecule has 3 aliphatic rings. The molecule has 0 saturated carbocycles. The Bertz CT molecular complexity index is 783. The third-order valence-electron chi connectivity index (χ3n) is 3.99. The molecule has 0 bridgehead atoms. The van der Waals surface area contributed by atoms with Crippen LogP contribution in [0.3, 0.4) is 0 Å². The van der Waals surface area contributed by atoms with Gasteiger partial charge in [-0.2, -0.15) is 0 Å². The molecular formula is C21H22N2O. The minimum Gasteiger partial charge on any atom is -0.457 e. The molecule has 0 saturated heterocycles. The van der Waals surface area contributed by atoms with Crippen molar-refractivity contribution in [1.29, 1.82) is 0 Å². The predicted octanol–water partition coefficient (Wildman–Crippen LogP) is 5.28. The molecule has 3 rings (SSSR count). The lowest BCUT2D eigenvalue weighted by molar-refractivity contribution is 0.252. The molecule has 122 valence electrons. The molecule has 0 radical (unpaired) electrons. The van der Waals surface area contributed by atoms with Gasteiger partial charge >= 0.3 is 0 Å². The van der Waals surface area contributed by atoms with E-state index in [9.17, 15) is 0 Å². The minimum absolute atomic E-state index is 0.850. The number of ether oxygens (including phenoxy) is 1. The summed E-state index contributed by atoms with van der Waals surface area (Å²) in [6.07, 6.45) is 21.9. The Morgan fingerprint density at radius 2 is 2.04 bits per heavy atom. The highest BCUT2D eigenvalue weighted by Crippen LogP contribution is 2.38. The van der Waals surface area contributed by atoms with Gasteiger partial charge < -0.3 is 4.74 Å². The number of rotatable bonds is 3. The van der Waals surface area contributed by atoms with E-state index in [0.717, 1.165) is 47.1 Å². The standard InChI is InChI=1S/C21H22N2O/c1-4-5-12-18-17(3)24-21-16(2)11-8-9-13-19(21)23(18)20-14-7-6-10-15-22-20/h4-6,8,10-15H,1,7,9H2,2-3H3/b12-5-. The summed E-state index contributed by atoms with van der Waals surface area (Å²) in [7, 11) is 0. The van der Waals surface area contributed by atoms with Crippen LogP contribution in [0.15, 0.2) is 101 Å². The van der Waals surface area contributed by atoms with Crippen molar-refractivity contribution < 1.29 is 4.74 Å². The molecule has 0 N–H and O–H groups in total. The molecule has 3 heteroatoms. The topological polar surface area (TPSA) is 24.8 Å². The second-order valence-electron chi connectivity index (χ2n) is 5.72. The first-order valence-corrected chi connectivity index (χ1v) is 8.17. The summed E-state index contributed by atoms with van der Waals surface area (Å²) in [5.74, 6) is 2.65. The van der Waals surface area contributed by atoms with Gasteiger partial charge in [0.2, 0.25) is 0 Å². The Labute approximate surface area is 143 Å². The van der Waals surface area contributed by atoms with Crippen LogP contribution in [-0.4, -0.2) is 11.1 Å². The SMILES string of the molecule is C=C/C=C\C1=C(C)OC2=C(C)C=CCC=C2N1C1=CCC=CC=N1. The van der Waals surface area contributed by atoms with E-state index in [1.165, 1.54) is 0 Å². The lowest BCUT2D eigenvalue weighted by Gasteiger charge is -2.35. The summed E-state index contributed by atoms with van der Waals surface area (Å²) >= 11 is 0. The molecule has 24 heavy (non-hydrogen) atoms. The zero-order chi connectivity index (χ0) is 16.9. The van der Waals surface area contributed by atoms with E-state index in [0.29, 0.717) is 0 Å². The Morgan fingerprint density at radius 3 is 2.88 bits per heavy atom. The molecule has 2 aliphatic heterocycles. The highest BCUT2D eigenvalue weighted by Gasteiger charge is 2.30. The van der Waals surface area contributed by atoms with Gasteiger partial charge in [-0.15, -0.1) is 0 Å². The Morgan fingerprint density at radius 1 is 1.21 bits per heavy atom. The molecule has 0 fully saturated rings. The number of fused-ring (bicyclic) bond motifs is 1. The summed E-state index contributed by atoms with van der Waals surface area (Å²) in [6.45, 7) is 7.84. The van der Waals surface area contributed by atoms with Crippen molar-refractivity contribution >= 4 is 6.21 Å². The molecule has 2 heterocycles. The van der Waals surface area contributed by atoms with Gasteiger partial charge in [-0.1, -0.05) is 43.0 Å². The van der Waals surface area contributed by atoms with Gasteiger partial charge in [0.25, 0.3) is 0 Å². The monoisotopic (exact) mass is 318 g/mol. The van der Waals surface area contributed by atoms with Crippen LogP contribution in [0.2, 0.25) is 0 Å². The fourth-order valence-electron chi connectivity index (χ4n) is 2.84. The van der Waals surface area contributed by atoms with E-state index in [1.807, 2.05) is 31.4 Å². The van der Waals surface area contributed by atoms with Crippen molar-refractivity contribution in [3.8, 4) is 0 Å². The number of allylic oxidation sites excluding steroid dienone is 11. The highest BCUT2D eigenvalue weighted by atomic mass is 16.5. The van der Waals surface area contributed by atoms with Crippen LogP contribution in [0, 0.1) is 0 Å². The predicted molar refractivity (Wildman–Crippen MR) is 99.8 cm³/mol. The van der Waals surface area contributed by atoms with E-state index in [4.69, 9.17) is 4.74 Å². The first-order valence-electron chi connectivity index (χ1n) is 8.17. The number of hydrogen-bond donors (Lipinski definition) is 0. The zero-order valence-electron chi connectivity index (χ0n) is 14.2. The number of nitrogens with zero attached hydrogens (tertiary/aromatic N) is 2. The van der Waals surface area contributed by atoms with Crippen LogP contribution in [0.5, 0.6) is 0 Å². The van der Waals surface area contributed by atoms with E-state index in [2.05, 4.69) is 53.8 Å². The van der Waals surface area contributed by atoms with Crippen molar-refractivity contribution in [2.45, 2.75) is 26.7 Å². The second-order valence-corrected chi connectivity index (χ2v) is 5.72. The van der Waals surface area contributed by atoms with E-state index >= 15 is 0 Å². The second kappa shape index (κ2) is 7.18. The van der Waals surface area contributed by atoms with Gasteiger partial charge in [-0.05, 0) is 50.5 Å². The van der Waals surface area contributed by atoms with Gasteiger partial charge in [0, 0.05) is 6.21 Å². The quantitative estimate of drug-likeness (QED) is 0.661. The van der Waals surface area contributed by atoms with Gasteiger partial charge in [0.1, 0.15) is 11.6 Å². The molecule has 0 aromatic heterocycles. The van der Waals surface area contributed by atoms with Gasteiger partial charge in [0.05, 0.1) is 11.4 Å². The van der Waals surface area contributed by atoms with Gasteiger partial charge in [-0.3, -0.25) is 4.90 Å². The van der Waals surface area contributed by atoms with E-state index in [1.54, 1.807) is 6.08 Å². The van der Waals surface area contributed by atoms with Crippen LogP contribution in [0.4, 0.5) is 0 Å². The molecule has 0 amide bonds. The van der Waals surface area contributed by atoms with Crippen LogP contribution in [0.25, 0.3) is 0 Å². The number of hydrogen-bond acceptors (Lipinski definition) is 3. The van der Waals surface area contributed by atoms with Crippen molar-refractivity contribution in [1.82, 2.24) is 4.90 Å². The Kier molecular flexibility index (Phi) is 4.80. The maximum absolute atomic E-state index is 6.16. The summed E-state index contributed by atoms with van der Waals surface area (Å²) in [5, 5.41) is 0. The summed E-state index contributed by atoms with van der Waals surface area (Å²) in [5.41, 5.74) is 3.13. The van der Waals surface area contributed by atoms with Crippen LogP contribution in [-0.2, 0) is 4.74 Å². The molecular weight excluding hydrogens is 296 g/mol. The third-order valence-corrected chi connectivity index (χ3v) is 3.99. The van der Waals surface area contributed by atoms with Crippen LogP contribution < -0.4 is 0 Å². The fraction of sp³-hybridized carbons (Fsp3) is 0.190. The zero-order valence-corrected chi connectivity index (χ0v) is 14.2. The molecule has 0 aromatic carbocycles. The lowest BCUT2D eigenvalue weighted by Crippen LogP contribution is -2.28. The average Bonchev–Trinajstić information content (AvgIpc) is 2.94.